The molecule has 0 aliphatic heterocycles. The van der Waals surface area contributed by atoms with Crippen molar-refractivity contribution in [1.82, 2.24) is 0 Å². The Morgan fingerprint density at radius 2 is 1.00 bits per heavy atom. The minimum Gasteiger partial charge on any atom is -0.0991 e. The minimum absolute atomic E-state index is 0.0163. The normalized spacial score (nSPS) is 14.8. The van der Waals surface area contributed by atoms with E-state index in [1.165, 1.54) is 0 Å². The molecule has 22 heavy (non-hydrogen) atoms. The summed E-state index contributed by atoms with van der Waals surface area (Å²) in [5.74, 6) is -0.0163. The van der Waals surface area contributed by atoms with Crippen molar-refractivity contribution in [3.05, 3.63) is 123 Å². The van der Waals surface area contributed by atoms with Crippen molar-refractivity contribution in [3.63, 3.8) is 0 Å². The largest absolute Gasteiger partial charge is 0.0991 e. The topological polar surface area (TPSA) is 0 Å². The molecule has 0 nitrogen and oxygen atoms in total. The van der Waals surface area contributed by atoms with Crippen LogP contribution in [0.2, 0.25) is 0 Å². The van der Waals surface area contributed by atoms with Crippen LogP contribution in [-0.4, -0.2) is 0 Å². The molecule has 0 aromatic heterocycles. The van der Waals surface area contributed by atoms with Crippen LogP contribution in [0.15, 0.2) is 123 Å². The highest BCUT2D eigenvalue weighted by Gasteiger charge is 2.17. The van der Waals surface area contributed by atoms with Crippen LogP contribution in [0.5, 0.6) is 0 Å². The van der Waals surface area contributed by atoms with E-state index in [0.717, 1.165) is 22.3 Å². The molecule has 0 aromatic carbocycles. The van der Waals surface area contributed by atoms with Crippen LogP contribution in [0.25, 0.3) is 0 Å². The van der Waals surface area contributed by atoms with Gasteiger partial charge in [-0.1, -0.05) is 106 Å². The van der Waals surface area contributed by atoms with Crippen LogP contribution < -0.4 is 0 Å². The highest BCUT2D eigenvalue weighted by molar-refractivity contribution is 5.48. The first-order valence-electron chi connectivity index (χ1n) is 7.12. The van der Waals surface area contributed by atoms with Crippen molar-refractivity contribution in [2.24, 2.45) is 5.92 Å². The molecule has 0 unspecified atom stereocenters. The fraction of sp³-hybridized carbons (Fsp3) is 0.0909. The monoisotopic (exact) mass is 290 g/mol. The maximum absolute atomic E-state index is 3.94. The molecule has 114 valence electrons. The predicted molar refractivity (Wildman–Crippen MR) is 103 cm³/mol. The Bertz CT molecular complexity index is 541. The lowest BCUT2D eigenvalue weighted by atomic mass is 9.83. The van der Waals surface area contributed by atoms with Crippen LogP contribution in [0.1, 0.15) is 6.92 Å². The van der Waals surface area contributed by atoms with Gasteiger partial charge in [-0.3, -0.25) is 0 Å². The van der Waals surface area contributed by atoms with Crippen molar-refractivity contribution in [2.75, 3.05) is 0 Å². The van der Waals surface area contributed by atoms with E-state index in [-0.39, 0.29) is 5.92 Å². The van der Waals surface area contributed by atoms with Crippen molar-refractivity contribution in [2.45, 2.75) is 6.92 Å². The first kappa shape index (κ1) is 19.4. The smallest absolute Gasteiger partial charge is 0.0339 e. The van der Waals surface area contributed by atoms with E-state index in [0.29, 0.717) is 0 Å². The van der Waals surface area contributed by atoms with Crippen molar-refractivity contribution in [1.29, 1.82) is 0 Å². The molecule has 0 saturated heterocycles. The van der Waals surface area contributed by atoms with Gasteiger partial charge < -0.3 is 0 Å². The fourth-order valence-electron chi connectivity index (χ4n) is 1.99. The molecular formula is C22H26. The molecule has 0 rings (SSSR count). The Labute approximate surface area is 136 Å². The molecule has 0 amide bonds. The summed E-state index contributed by atoms with van der Waals surface area (Å²) in [6.45, 7) is 25.1. The second-order valence-electron chi connectivity index (χ2n) is 4.63. The lowest BCUT2D eigenvalue weighted by Gasteiger charge is -2.21. The maximum Gasteiger partial charge on any atom is 0.0339 e. The van der Waals surface area contributed by atoms with Crippen LogP contribution in [0, 0.1) is 5.92 Å². The summed E-state index contributed by atoms with van der Waals surface area (Å²) >= 11 is 0. The zero-order valence-corrected chi connectivity index (χ0v) is 13.6. The molecule has 0 spiro atoms. The number of hydrogen-bond acceptors (Lipinski definition) is 0. The summed E-state index contributed by atoms with van der Waals surface area (Å²) in [4.78, 5) is 0. The number of rotatable bonds is 10. The summed E-state index contributed by atoms with van der Waals surface area (Å²) < 4.78 is 0. The molecule has 0 bridgehead atoms. The Balaban J connectivity index is 6.24. The van der Waals surface area contributed by atoms with E-state index in [4.69, 9.17) is 0 Å². The molecule has 0 radical (unpaired) electrons. The standard InChI is InChI=1S/C22H26/c1-8-14-19(11-4)22(20(12-5)15-9-2)21(13-6)17-16-18(7)10-3/h8-17,22H,1-6H2,7H3/b18-16-,19-14+,20-15+,21-17+. The molecule has 0 heterocycles. The molecular weight excluding hydrogens is 264 g/mol. The van der Waals surface area contributed by atoms with Gasteiger partial charge >= 0.3 is 0 Å². The second kappa shape index (κ2) is 11.1. The van der Waals surface area contributed by atoms with Crippen molar-refractivity contribution >= 4 is 0 Å². The van der Waals surface area contributed by atoms with E-state index in [9.17, 15) is 0 Å². The lowest BCUT2D eigenvalue weighted by Crippen LogP contribution is -2.08. The van der Waals surface area contributed by atoms with Crippen molar-refractivity contribution in [3.8, 4) is 0 Å². The molecule has 0 aliphatic carbocycles. The average Bonchev–Trinajstić information content (AvgIpc) is 2.55. The molecule has 0 atom stereocenters. The van der Waals surface area contributed by atoms with Gasteiger partial charge in [-0.05, 0) is 23.6 Å². The quantitative estimate of drug-likeness (QED) is 0.406. The van der Waals surface area contributed by atoms with Crippen molar-refractivity contribution < 1.29 is 0 Å². The Morgan fingerprint density at radius 3 is 1.32 bits per heavy atom. The maximum atomic E-state index is 3.94. The van der Waals surface area contributed by atoms with Gasteiger partial charge in [0.15, 0.2) is 0 Å². The van der Waals surface area contributed by atoms with E-state index in [1.54, 1.807) is 12.2 Å². The minimum atomic E-state index is -0.0163. The van der Waals surface area contributed by atoms with Gasteiger partial charge in [0.1, 0.15) is 0 Å². The Kier molecular flexibility index (Phi) is 9.79. The zero-order chi connectivity index (χ0) is 17.0. The van der Waals surface area contributed by atoms with E-state index < -0.39 is 0 Å². The van der Waals surface area contributed by atoms with Gasteiger partial charge in [-0.25, -0.2) is 0 Å². The van der Waals surface area contributed by atoms with Gasteiger partial charge in [0.25, 0.3) is 0 Å². The summed E-state index contributed by atoms with van der Waals surface area (Å²) in [5, 5.41) is 0. The van der Waals surface area contributed by atoms with Gasteiger partial charge in [-0.15, -0.1) is 0 Å². The van der Waals surface area contributed by atoms with Crippen LogP contribution in [-0.2, 0) is 0 Å². The molecule has 0 fully saturated rings. The predicted octanol–water partition coefficient (Wildman–Crippen LogP) is 6.44. The average molecular weight is 290 g/mol. The first-order valence-corrected chi connectivity index (χ1v) is 7.12. The number of hydrogen-bond donors (Lipinski definition) is 0. The number of allylic oxidation sites excluding steroid dienone is 14. The molecule has 0 saturated carbocycles. The zero-order valence-electron chi connectivity index (χ0n) is 13.6. The van der Waals surface area contributed by atoms with Crippen LogP contribution in [0.3, 0.4) is 0 Å². The summed E-state index contributed by atoms with van der Waals surface area (Å²) in [5.41, 5.74) is 4.18. The van der Waals surface area contributed by atoms with Crippen LogP contribution >= 0.6 is 0 Å². The van der Waals surface area contributed by atoms with Gasteiger partial charge in [0.05, 0.1) is 0 Å². The SMILES string of the molecule is C=C/C=C(\C=C)C(/C(C=C)=C/C=C)/C(C=C)=C/C=C(/C)C=C. The van der Waals surface area contributed by atoms with Crippen LogP contribution in [0.4, 0.5) is 0 Å². The molecule has 0 aliphatic rings. The Hall–Kier alpha value is -2.60. The van der Waals surface area contributed by atoms with Gasteiger partial charge in [-0.2, -0.15) is 0 Å². The summed E-state index contributed by atoms with van der Waals surface area (Å²) in [6.07, 6.45) is 18.8. The highest BCUT2D eigenvalue weighted by atomic mass is 14.2. The summed E-state index contributed by atoms with van der Waals surface area (Å²) in [7, 11) is 0. The molecule has 0 aromatic rings. The molecule has 0 heteroatoms. The first-order chi connectivity index (χ1) is 10.6. The Morgan fingerprint density at radius 1 is 0.591 bits per heavy atom. The van der Waals surface area contributed by atoms with E-state index in [1.807, 2.05) is 55.5 Å². The lowest BCUT2D eigenvalue weighted by molar-refractivity contribution is 0.907. The second-order valence-corrected chi connectivity index (χ2v) is 4.63. The van der Waals surface area contributed by atoms with E-state index >= 15 is 0 Å². The van der Waals surface area contributed by atoms with Gasteiger partial charge in [0, 0.05) is 5.92 Å². The molecule has 0 N–H and O–H groups in total. The van der Waals surface area contributed by atoms with Gasteiger partial charge in [0.2, 0.25) is 0 Å². The fourth-order valence-corrected chi connectivity index (χ4v) is 1.99. The third kappa shape index (κ3) is 5.80. The third-order valence-electron chi connectivity index (χ3n) is 3.19. The summed E-state index contributed by atoms with van der Waals surface area (Å²) in [6, 6.07) is 0. The highest BCUT2D eigenvalue weighted by Crippen LogP contribution is 2.31. The van der Waals surface area contributed by atoms with E-state index in [2.05, 4.69) is 39.5 Å². The third-order valence-corrected chi connectivity index (χ3v) is 3.19.